The minimum absolute atomic E-state index is 0.119. The predicted octanol–water partition coefficient (Wildman–Crippen LogP) is 5.78. The Morgan fingerprint density at radius 2 is 1.97 bits per heavy atom. The molecule has 2 fully saturated rings. The first kappa shape index (κ1) is 23.4. The number of anilines is 2. The van der Waals surface area contributed by atoms with E-state index in [9.17, 15) is 18.0 Å². The van der Waals surface area contributed by atoms with Crippen LogP contribution in [0.4, 0.5) is 24.7 Å². The van der Waals surface area contributed by atoms with Gasteiger partial charge in [0.15, 0.2) is 11.4 Å². The topological polar surface area (TPSA) is 97.9 Å². The van der Waals surface area contributed by atoms with Gasteiger partial charge in [-0.3, -0.25) is 9.48 Å². The average Bonchev–Trinajstić information content (AvgIpc) is 3.34. The van der Waals surface area contributed by atoms with Crippen molar-refractivity contribution in [3.05, 3.63) is 42.2 Å². The molecule has 11 heteroatoms. The normalized spacial score (nSPS) is 20.6. The van der Waals surface area contributed by atoms with Crippen LogP contribution in [-0.4, -0.2) is 32.2 Å². The Bertz CT molecular complexity index is 1190. The first-order chi connectivity index (χ1) is 16.8. The zero-order valence-corrected chi connectivity index (χ0v) is 19.3. The van der Waals surface area contributed by atoms with Gasteiger partial charge >= 0.3 is 6.18 Å². The van der Waals surface area contributed by atoms with Crippen molar-refractivity contribution >= 4 is 17.4 Å². The van der Waals surface area contributed by atoms with Gasteiger partial charge < -0.3 is 15.1 Å². The lowest BCUT2D eigenvalue weighted by Gasteiger charge is -2.26. The van der Waals surface area contributed by atoms with E-state index in [-0.39, 0.29) is 23.3 Å². The number of carbonyl (C=O) groups is 1. The number of oxazole rings is 1. The van der Waals surface area contributed by atoms with Crippen LogP contribution in [0.25, 0.3) is 11.5 Å². The monoisotopic (exact) mass is 488 g/mol. The molecule has 0 aliphatic heterocycles. The maximum Gasteiger partial charge on any atom is 0.437 e. The average molecular weight is 489 g/mol. The van der Waals surface area contributed by atoms with E-state index in [4.69, 9.17) is 4.42 Å². The van der Waals surface area contributed by atoms with Gasteiger partial charge in [0.2, 0.25) is 5.89 Å². The largest absolute Gasteiger partial charge is 0.444 e. The number of carbonyl (C=O) groups excluding carboxylic acids is 1. The number of alkyl halides is 3. The lowest BCUT2D eigenvalue weighted by atomic mass is 9.87. The highest BCUT2D eigenvalue weighted by atomic mass is 19.4. The van der Waals surface area contributed by atoms with Crippen LogP contribution in [0, 0.1) is 11.8 Å². The Morgan fingerprint density at radius 1 is 1.20 bits per heavy atom. The minimum atomic E-state index is -4.70. The van der Waals surface area contributed by atoms with Crippen LogP contribution < -0.4 is 10.6 Å². The highest BCUT2D eigenvalue weighted by Crippen LogP contribution is 2.37. The Morgan fingerprint density at radius 3 is 2.69 bits per heavy atom. The fourth-order valence-electron chi connectivity index (χ4n) is 4.31. The number of hydrogen-bond acceptors (Lipinski definition) is 6. The summed E-state index contributed by atoms with van der Waals surface area (Å²) in [5, 5.41) is 9.38. The minimum Gasteiger partial charge on any atom is -0.444 e. The van der Waals surface area contributed by atoms with Gasteiger partial charge in [0, 0.05) is 24.5 Å². The molecule has 35 heavy (non-hydrogen) atoms. The number of pyridine rings is 1. The first-order valence-corrected chi connectivity index (χ1v) is 11.9. The number of amides is 1. The molecule has 0 saturated heterocycles. The summed E-state index contributed by atoms with van der Waals surface area (Å²) in [6, 6.07) is 3.32. The molecule has 5 rings (SSSR count). The summed E-state index contributed by atoms with van der Waals surface area (Å²) >= 11 is 0. The molecule has 186 valence electrons. The second-order valence-electron chi connectivity index (χ2n) is 9.53. The van der Waals surface area contributed by atoms with Crippen molar-refractivity contribution in [2.75, 3.05) is 17.2 Å². The number of halogens is 3. The fraction of sp³-hybridized carbons (Fsp3) is 0.500. The summed E-state index contributed by atoms with van der Waals surface area (Å²) in [5.74, 6) is 1.26. The third-order valence-corrected chi connectivity index (χ3v) is 6.62. The smallest absolute Gasteiger partial charge is 0.437 e. The molecule has 3 aromatic heterocycles. The number of hydrogen-bond donors (Lipinski definition) is 2. The molecule has 0 atom stereocenters. The zero-order valence-electron chi connectivity index (χ0n) is 19.3. The molecule has 2 saturated carbocycles. The second kappa shape index (κ2) is 9.35. The van der Waals surface area contributed by atoms with Crippen molar-refractivity contribution in [3.8, 4) is 11.5 Å². The summed E-state index contributed by atoms with van der Waals surface area (Å²) in [6.45, 7) is 2.97. The number of nitrogens with one attached hydrogen (secondary N) is 2. The zero-order chi connectivity index (χ0) is 24.6. The molecule has 0 radical (unpaired) electrons. The van der Waals surface area contributed by atoms with Crippen LogP contribution >= 0.6 is 0 Å². The van der Waals surface area contributed by atoms with Crippen LogP contribution in [0.5, 0.6) is 0 Å². The standard InChI is InChI=1S/C24H27F3N6O2/c1-14-2-6-17(7-3-14)33-12-18(21(32-33)24(25,26)27)30-22(34)19-13-35-23(31-19)16-8-9-28-20(10-16)29-11-15-4-5-15/h8-10,12-15,17H,2-7,11H2,1H3,(H,28,29)(H,30,34)/t14-,17-. The summed E-state index contributed by atoms with van der Waals surface area (Å²) < 4.78 is 47.7. The highest BCUT2D eigenvalue weighted by molar-refractivity contribution is 6.03. The van der Waals surface area contributed by atoms with E-state index in [1.807, 2.05) is 0 Å². The van der Waals surface area contributed by atoms with Crippen molar-refractivity contribution in [2.24, 2.45) is 11.8 Å². The maximum atomic E-state index is 13.7. The Hall–Kier alpha value is -3.37. The van der Waals surface area contributed by atoms with Gasteiger partial charge in [-0.2, -0.15) is 18.3 Å². The lowest BCUT2D eigenvalue weighted by molar-refractivity contribution is -0.141. The van der Waals surface area contributed by atoms with Crippen LogP contribution in [0.15, 0.2) is 35.2 Å². The molecule has 0 bridgehead atoms. The second-order valence-corrected chi connectivity index (χ2v) is 9.53. The van der Waals surface area contributed by atoms with E-state index in [0.29, 0.717) is 23.2 Å². The van der Waals surface area contributed by atoms with Crippen molar-refractivity contribution in [1.82, 2.24) is 19.7 Å². The SMILES string of the molecule is C[C@H]1CC[C@H](n2cc(NC(=O)c3coc(-c4ccnc(NCC5CC5)c4)n3)c(C(F)(F)F)n2)CC1. The number of aromatic nitrogens is 4. The van der Waals surface area contributed by atoms with E-state index >= 15 is 0 Å². The summed E-state index contributed by atoms with van der Waals surface area (Å²) in [7, 11) is 0. The van der Waals surface area contributed by atoms with Crippen molar-refractivity contribution in [1.29, 1.82) is 0 Å². The summed E-state index contributed by atoms with van der Waals surface area (Å²) in [4.78, 5) is 21.2. The quantitative estimate of drug-likeness (QED) is 0.438. The Balaban J connectivity index is 1.31. The van der Waals surface area contributed by atoms with Gasteiger partial charge in [0.25, 0.3) is 5.91 Å². The predicted molar refractivity (Wildman–Crippen MR) is 123 cm³/mol. The van der Waals surface area contributed by atoms with Gasteiger partial charge in [-0.05, 0) is 62.5 Å². The van der Waals surface area contributed by atoms with Crippen LogP contribution in [0.3, 0.4) is 0 Å². The molecule has 3 aromatic rings. The molecule has 0 aromatic carbocycles. The molecule has 1 amide bonds. The van der Waals surface area contributed by atoms with Gasteiger partial charge in [-0.15, -0.1) is 0 Å². The molecular formula is C24H27F3N6O2. The van der Waals surface area contributed by atoms with Crippen molar-refractivity contribution < 1.29 is 22.4 Å². The molecule has 2 aliphatic carbocycles. The van der Waals surface area contributed by atoms with Crippen molar-refractivity contribution in [3.63, 3.8) is 0 Å². The Kier molecular flexibility index (Phi) is 6.24. The molecule has 2 aliphatic rings. The third-order valence-electron chi connectivity index (χ3n) is 6.62. The van der Waals surface area contributed by atoms with E-state index in [1.165, 1.54) is 23.7 Å². The third kappa shape index (κ3) is 5.49. The molecule has 8 nitrogen and oxygen atoms in total. The van der Waals surface area contributed by atoms with E-state index in [0.717, 1.165) is 38.5 Å². The molecule has 0 spiro atoms. The molecular weight excluding hydrogens is 461 g/mol. The van der Waals surface area contributed by atoms with E-state index < -0.39 is 17.8 Å². The molecule has 3 heterocycles. The van der Waals surface area contributed by atoms with Gasteiger partial charge in [-0.25, -0.2) is 9.97 Å². The van der Waals surface area contributed by atoms with E-state index in [1.54, 1.807) is 18.3 Å². The number of nitrogens with zero attached hydrogens (tertiary/aromatic N) is 4. The maximum absolute atomic E-state index is 13.7. The summed E-state index contributed by atoms with van der Waals surface area (Å²) in [6.07, 6.45) is 5.08. The Labute approximate surface area is 200 Å². The van der Waals surface area contributed by atoms with Gasteiger partial charge in [0.1, 0.15) is 12.1 Å². The molecule has 0 unspecified atom stereocenters. The highest BCUT2D eigenvalue weighted by Gasteiger charge is 2.39. The number of rotatable bonds is 7. The van der Waals surface area contributed by atoms with Crippen LogP contribution in [0.1, 0.15) is 67.7 Å². The van der Waals surface area contributed by atoms with Gasteiger partial charge in [0.05, 0.1) is 11.7 Å². The molecule has 2 N–H and O–H groups in total. The van der Waals surface area contributed by atoms with Crippen LogP contribution in [-0.2, 0) is 6.18 Å². The van der Waals surface area contributed by atoms with Crippen molar-refractivity contribution in [2.45, 2.75) is 57.7 Å². The van der Waals surface area contributed by atoms with Crippen LogP contribution in [0.2, 0.25) is 0 Å². The van der Waals surface area contributed by atoms with E-state index in [2.05, 4.69) is 32.6 Å². The van der Waals surface area contributed by atoms with Gasteiger partial charge in [-0.1, -0.05) is 6.92 Å². The fourth-order valence-corrected chi connectivity index (χ4v) is 4.31. The first-order valence-electron chi connectivity index (χ1n) is 11.9. The summed E-state index contributed by atoms with van der Waals surface area (Å²) in [5.41, 5.74) is -1.03. The lowest BCUT2D eigenvalue weighted by Crippen LogP contribution is -2.18.